The summed E-state index contributed by atoms with van der Waals surface area (Å²) >= 11 is 6.27. The number of amides is 2. The molecule has 7 heteroatoms. The second-order valence-corrected chi connectivity index (χ2v) is 6.79. The van der Waals surface area contributed by atoms with Crippen LogP contribution in [0.5, 0.6) is 11.5 Å². The van der Waals surface area contributed by atoms with Gasteiger partial charge >= 0.3 is 0 Å². The van der Waals surface area contributed by atoms with Crippen molar-refractivity contribution in [3.05, 3.63) is 58.6 Å². The van der Waals surface area contributed by atoms with Crippen LogP contribution in [0.3, 0.4) is 0 Å². The zero-order valence-electron chi connectivity index (χ0n) is 15.2. The van der Waals surface area contributed by atoms with Crippen LogP contribution < -0.4 is 14.8 Å². The lowest BCUT2D eigenvalue weighted by molar-refractivity contribution is -0.130. The van der Waals surface area contributed by atoms with Crippen LogP contribution in [-0.2, 0) is 4.79 Å². The fourth-order valence-electron chi connectivity index (χ4n) is 2.77. The minimum Gasteiger partial charge on any atom is -0.489 e. The molecule has 0 radical (unpaired) electrons. The summed E-state index contributed by atoms with van der Waals surface area (Å²) in [4.78, 5) is 26.9. The van der Waals surface area contributed by atoms with E-state index >= 15 is 0 Å². The molecule has 0 aliphatic carbocycles. The Balaban J connectivity index is 1.89. The maximum absolute atomic E-state index is 12.8. The maximum Gasteiger partial charge on any atom is 0.252 e. The van der Waals surface area contributed by atoms with Gasteiger partial charge in [0.25, 0.3) is 5.91 Å². The molecule has 1 aliphatic heterocycles. The van der Waals surface area contributed by atoms with Gasteiger partial charge in [-0.25, -0.2) is 0 Å². The van der Waals surface area contributed by atoms with Gasteiger partial charge in [-0.05, 0) is 17.7 Å². The van der Waals surface area contributed by atoms with E-state index in [9.17, 15) is 9.59 Å². The van der Waals surface area contributed by atoms with Gasteiger partial charge in [0, 0.05) is 26.1 Å². The zero-order valence-corrected chi connectivity index (χ0v) is 16.0. The van der Waals surface area contributed by atoms with Gasteiger partial charge in [-0.3, -0.25) is 9.59 Å². The first-order chi connectivity index (χ1) is 13.0. The van der Waals surface area contributed by atoms with Crippen molar-refractivity contribution in [3.63, 3.8) is 0 Å². The average Bonchev–Trinajstić information content (AvgIpc) is 2.92. The van der Waals surface area contributed by atoms with Crippen LogP contribution in [-0.4, -0.2) is 44.0 Å². The highest BCUT2D eigenvalue weighted by Gasteiger charge is 2.26. The molecule has 6 nitrogen and oxygen atoms in total. The number of hydrogen-bond acceptors (Lipinski definition) is 4. The van der Waals surface area contributed by atoms with Gasteiger partial charge < -0.3 is 19.7 Å². The number of fused-ring (bicyclic) bond motifs is 1. The molecule has 1 N–H and O–H groups in total. The van der Waals surface area contributed by atoms with Crippen molar-refractivity contribution in [2.75, 3.05) is 27.3 Å². The fraction of sp³-hybridized carbons (Fsp3) is 0.300. The monoisotopic (exact) mass is 388 g/mol. The molecule has 27 heavy (non-hydrogen) atoms. The van der Waals surface area contributed by atoms with E-state index in [1.54, 1.807) is 32.3 Å². The van der Waals surface area contributed by atoms with Gasteiger partial charge in [0.05, 0.1) is 18.2 Å². The summed E-state index contributed by atoms with van der Waals surface area (Å²) in [6.07, 6.45) is 0.736. The molecule has 0 saturated carbocycles. The van der Waals surface area contributed by atoms with Gasteiger partial charge in [0.2, 0.25) is 5.91 Å². The van der Waals surface area contributed by atoms with Crippen LogP contribution in [0.25, 0.3) is 0 Å². The lowest BCUT2D eigenvalue weighted by Gasteiger charge is -2.22. The van der Waals surface area contributed by atoms with Crippen LogP contribution in [0.2, 0.25) is 5.02 Å². The number of nitrogens with zero attached hydrogens (tertiary/aromatic N) is 1. The number of ether oxygens (including phenoxy) is 2. The standard InChI is InChI=1S/C20H21ClN2O4/c1-23(2)20(25)17(13-7-4-3-5-8-13)22-19(24)14-11-15(21)18-16(12-14)26-9-6-10-27-18/h3-5,7-8,11-12,17H,6,9-10H2,1-2H3,(H,22,24). The lowest BCUT2D eigenvalue weighted by Crippen LogP contribution is -2.39. The van der Waals surface area contributed by atoms with Crippen molar-refractivity contribution in [2.24, 2.45) is 0 Å². The molecular weight excluding hydrogens is 368 g/mol. The molecule has 0 bridgehead atoms. The van der Waals surface area contributed by atoms with E-state index in [0.717, 1.165) is 6.42 Å². The third-order valence-electron chi connectivity index (χ3n) is 4.16. The Morgan fingerprint density at radius 2 is 1.81 bits per heavy atom. The SMILES string of the molecule is CN(C)C(=O)C(NC(=O)c1cc(Cl)c2c(c1)OCCCO2)c1ccccc1. The molecule has 2 aromatic rings. The normalized spacial score (nSPS) is 14.0. The predicted molar refractivity (Wildman–Crippen MR) is 102 cm³/mol. The molecule has 1 aliphatic rings. The summed E-state index contributed by atoms with van der Waals surface area (Å²) in [5, 5.41) is 3.10. The van der Waals surface area contributed by atoms with Crippen molar-refractivity contribution in [1.29, 1.82) is 0 Å². The molecular formula is C20H21ClN2O4. The second kappa shape index (κ2) is 8.31. The number of nitrogens with one attached hydrogen (secondary N) is 1. The number of benzene rings is 2. The zero-order chi connectivity index (χ0) is 19.4. The number of hydrogen-bond donors (Lipinski definition) is 1. The molecule has 0 fully saturated rings. The van der Waals surface area contributed by atoms with E-state index in [0.29, 0.717) is 40.9 Å². The summed E-state index contributed by atoms with van der Waals surface area (Å²) in [7, 11) is 3.30. The first-order valence-corrected chi connectivity index (χ1v) is 9.01. The Kier molecular flexibility index (Phi) is 5.86. The Labute approximate surface area is 163 Å². The van der Waals surface area contributed by atoms with E-state index in [1.165, 1.54) is 11.0 Å². The van der Waals surface area contributed by atoms with E-state index in [-0.39, 0.29) is 5.91 Å². The van der Waals surface area contributed by atoms with Crippen molar-refractivity contribution < 1.29 is 19.1 Å². The van der Waals surface area contributed by atoms with Gasteiger partial charge in [-0.15, -0.1) is 0 Å². The predicted octanol–water partition coefficient (Wildman–Crippen LogP) is 3.06. The summed E-state index contributed by atoms with van der Waals surface area (Å²) in [5.41, 5.74) is 1.00. The topological polar surface area (TPSA) is 67.9 Å². The first kappa shape index (κ1) is 19.0. The highest BCUT2D eigenvalue weighted by molar-refractivity contribution is 6.32. The quantitative estimate of drug-likeness (QED) is 0.874. The van der Waals surface area contributed by atoms with E-state index in [1.807, 2.05) is 18.2 Å². The van der Waals surface area contributed by atoms with Gasteiger partial charge in [0.1, 0.15) is 6.04 Å². The molecule has 142 valence electrons. The molecule has 2 amide bonds. The van der Waals surface area contributed by atoms with Crippen molar-refractivity contribution in [2.45, 2.75) is 12.5 Å². The molecule has 1 heterocycles. The highest BCUT2D eigenvalue weighted by Crippen LogP contribution is 2.38. The maximum atomic E-state index is 12.8. The van der Waals surface area contributed by atoms with Gasteiger partial charge in [-0.1, -0.05) is 41.9 Å². The minimum absolute atomic E-state index is 0.227. The molecule has 1 unspecified atom stereocenters. The first-order valence-electron chi connectivity index (χ1n) is 8.63. The summed E-state index contributed by atoms with van der Waals surface area (Å²) in [6.45, 7) is 0.992. The van der Waals surface area contributed by atoms with Crippen molar-refractivity contribution in [3.8, 4) is 11.5 Å². The number of rotatable bonds is 4. The van der Waals surface area contributed by atoms with Crippen LogP contribution in [0.4, 0.5) is 0 Å². The molecule has 3 rings (SSSR count). The van der Waals surface area contributed by atoms with Crippen LogP contribution in [0.15, 0.2) is 42.5 Å². The number of halogens is 1. The third-order valence-corrected chi connectivity index (χ3v) is 4.44. The average molecular weight is 389 g/mol. The molecule has 2 aromatic carbocycles. The van der Waals surface area contributed by atoms with E-state index in [2.05, 4.69) is 5.32 Å². The van der Waals surface area contributed by atoms with E-state index < -0.39 is 11.9 Å². The Hall–Kier alpha value is -2.73. The third kappa shape index (κ3) is 4.34. The fourth-order valence-corrected chi connectivity index (χ4v) is 3.03. The molecule has 0 spiro atoms. The second-order valence-electron chi connectivity index (χ2n) is 6.39. The summed E-state index contributed by atoms with van der Waals surface area (Å²) in [6, 6.07) is 11.4. The van der Waals surface area contributed by atoms with Crippen LogP contribution >= 0.6 is 11.6 Å². The van der Waals surface area contributed by atoms with Crippen molar-refractivity contribution >= 4 is 23.4 Å². The smallest absolute Gasteiger partial charge is 0.252 e. The largest absolute Gasteiger partial charge is 0.489 e. The van der Waals surface area contributed by atoms with Crippen LogP contribution in [0, 0.1) is 0 Å². The highest BCUT2D eigenvalue weighted by atomic mass is 35.5. The van der Waals surface area contributed by atoms with Gasteiger partial charge in [0.15, 0.2) is 11.5 Å². The number of carbonyl (C=O) groups excluding carboxylic acids is 2. The Bertz CT molecular complexity index is 839. The minimum atomic E-state index is -0.802. The number of likely N-dealkylation sites (N-methyl/N-ethyl adjacent to an activating group) is 1. The summed E-state index contributed by atoms with van der Waals surface area (Å²) in [5.74, 6) is 0.224. The molecule has 1 atom stereocenters. The van der Waals surface area contributed by atoms with Gasteiger partial charge in [-0.2, -0.15) is 0 Å². The van der Waals surface area contributed by atoms with Crippen LogP contribution in [0.1, 0.15) is 28.4 Å². The summed E-state index contributed by atoms with van der Waals surface area (Å²) < 4.78 is 11.2. The van der Waals surface area contributed by atoms with Crippen molar-refractivity contribution in [1.82, 2.24) is 10.2 Å². The van der Waals surface area contributed by atoms with E-state index in [4.69, 9.17) is 21.1 Å². The Morgan fingerprint density at radius 1 is 1.11 bits per heavy atom. The lowest BCUT2D eigenvalue weighted by atomic mass is 10.0. The molecule has 0 saturated heterocycles. The molecule has 0 aromatic heterocycles. The Morgan fingerprint density at radius 3 is 2.52 bits per heavy atom. The number of carbonyl (C=O) groups is 2.